The molecule has 0 bridgehead atoms. The van der Waals surface area contributed by atoms with Gasteiger partial charge in [0.1, 0.15) is 0 Å². The third-order valence-electron chi connectivity index (χ3n) is 2.04. The molecular weight excluding hydrogens is 160 g/mol. The molecule has 0 saturated carbocycles. The molecule has 0 radical (unpaired) electrons. The van der Waals surface area contributed by atoms with E-state index in [-0.39, 0.29) is 5.41 Å². The Balaban J connectivity index is 2.50. The lowest BCUT2D eigenvalue weighted by molar-refractivity contribution is 0.296. The van der Waals surface area contributed by atoms with Gasteiger partial charge in [-0.3, -0.25) is 0 Å². The lowest BCUT2D eigenvalue weighted by atomic mass is 9.85. The van der Waals surface area contributed by atoms with Gasteiger partial charge in [-0.15, -0.1) is 0 Å². The van der Waals surface area contributed by atoms with Gasteiger partial charge in [0.25, 0.3) is 0 Å². The molecule has 1 rings (SSSR count). The highest BCUT2D eigenvalue weighted by molar-refractivity contribution is 7.92. The normalized spacial score (nSPS) is 26.5. The molecule has 0 atom stereocenters. The van der Waals surface area contributed by atoms with Gasteiger partial charge in [-0.2, -0.15) is 0 Å². The molecule has 1 heterocycles. The zero-order chi connectivity index (χ0) is 8.70. The van der Waals surface area contributed by atoms with Crippen LogP contribution in [0.3, 0.4) is 0 Å². The average Bonchev–Trinajstić information content (AvgIpc) is 1.52. The highest BCUT2D eigenvalue weighted by Crippen LogP contribution is 2.37. The summed E-state index contributed by atoms with van der Waals surface area (Å²) in [6.45, 7) is 6.33. The van der Waals surface area contributed by atoms with Crippen molar-refractivity contribution in [2.75, 3.05) is 11.5 Å². The second-order valence-corrected chi connectivity index (χ2v) is 6.51. The van der Waals surface area contributed by atoms with Crippen LogP contribution in [0.2, 0.25) is 0 Å². The molecule has 0 aromatic rings. The fraction of sp³-hybridized carbons (Fsp3) is 1.00. The van der Waals surface area contributed by atoms with Crippen molar-refractivity contribution in [2.45, 2.75) is 27.2 Å². The molecule has 0 spiro atoms. The Morgan fingerprint density at radius 2 is 1.82 bits per heavy atom. The van der Waals surface area contributed by atoms with E-state index in [1.807, 2.05) is 0 Å². The Morgan fingerprint density at radius 1 is 1.36 bits per heavy atom. The minimum absolute atomic E-state index is 0.0903. The lowest BCUT2D eigenvalue weighted by Gasteiger charge is -2.38. The van der Waals surface area contributed by atoms with E-state index in [9.17, 15) is 8.42 Å². The highest BCUT2D eigenvalue weighted by Gasteiger charge is 2.44. The van der Waals surface area contributed by atoms with Gasteiger partial charge in [0.15, 0.2) is 9.84 Å². The van der Waals surface area contributed by atoms with Crippen molar-refractivity contribution in [3.05, 3.63) is 0 Å². The van der Waals surface area contributed by atoms with E-state index in [0.29, 0.717) is 17.4 Å². The summed E-state index contributed by atoms with van der Waals surface area (Å²) in [5.41, 5.74) is 0.0903. The molecule has 0 N–H and O–H groups in total. The van der Waals surface area contributed by atoms with Crippen molar-refractivity contribution < 1.29 is 8.42 Å². The Labute approximate surface area is 68.9 Å². The van der Waals surface area contributed by atoms with Gasteiger partial charge in [-0.05, 0) is 17.8 Å². The fourth-order valence-corrected chi connectivity index (χ4v) is 4.40. The van der Waals surface area contributed by atoms with Gasteiger partial charge in [-0.1, -0.05) is 20.8 Å². The predicted molar refractivity (Wildman–Crippen MR) is 46.2 cm³/mol. The van der Waals surface area contributed by atoms with Gasteiger partial charge in [0, 0.05) is 0 Å². The standard InChI is InChI=1S/C8H16O2S/c1-7(2)4-8(3)5-11(9,10)6-8/h7H,4-6H2,1-3H3. The number of rotatable bonds is 2. The summed E-state index contributed by atoms with van der Waals surface area (Å²) < 4.78 is 21.8. The van der Waals surface area contributed by atoms with Gasteiger partial charge >= 0.3 is 0 Å². The second-order valence-electron chi connectivity index (χ2n) is 4.44. The highest BCUT2D eigenvalue weighted by atomic mass is 32.2. The Kier molecular flexibility index (Phi) is 2.03. The topological polar surface area (TPSA) is 34.1 Å². The summed E-state index contributed by atoms with van der Waals surface area (Å²) in [6.07, 6.45) is 1.03. The van der Waals surface area contributed by atoms with Crippen LogP contribution in [-0.4, -0.2) is 19.9 Å². The van der Waals surface area contributed by atoms with E-state index in [1.165, 1.54) is 0 Å². The van der Waals surface area contributed by atoms with Gasteiger partial charge in [0.2, 0.25) is 0 Å². The summed E-state index contributed by atoms with van der Waals surface area (Å²) in [6, 6.07) is 0. The van der Waals surface area contributed by atoms with E-state index in [2.05, 4.69) is 20.8 Å². The Bertz CT molecular complexity index is 227. The van der Waals surface area contributed by atoms with Crippen molar-refractivity contribution in [3.8, 4) is 0 Å². The molecule has 66 valence electrons. The quantitative estimate of drug-likeness (QED) is 0.638. The zero-order valence-corrected chi connectivity index (χ0v) is 8.24. The fourth-order valence-electron chi connectivity index (χ4n) is 2.12. The van der Waals surface area contributed by atoms with Crippen LogP contribution in [-0.2, 0) is 9.84 Å². The smallest absolute Gasteiger partial charge is 0.151 e. The van der Waals surface area contributed by atoms with E-state index in [0.717, 1.165) is 6.42 Å². The lowest BCUT2D eigenvalue weighted by Crippen LogP contribution is -2.46. The molecule has 11 heavy (non-hydrogen) atoms. The third kappa shape index (κ3) is 2.19. The molecule has 1 fully saturated rings. The number of sulfone groups is 1. The minimum atomic E-state index is -2.63. The minimum Gasteiger partial charge on any atom is -0.229 e. The molecule has 0 amide bonds. The molecule has 0 aliphatic carbocycles. The zero-order valence-electron chi connectivity index (χ0n) is 7.42. The Hall–Kier alpha value is -0.0500. The molecular formula is C8H16O2S. The van der Waals surface area contributed by atoms with Crippen LogP contribution >= 0.6 is 0 Å². The van der Waals surface area contributed by atoms with Crippen LogP contribution in [0.15, 0.2) is 0 Å². The van der Waals surface area contributed by atoms with Gasteiger partial charge in [0.05, 0.1) is 11.5 Å². The maximum absolute atomic E-state index is 10.9. The van der Waals surface area contributed by atoms with Crippen LogP contribution in [0.5, 0.6) is 0 Å². The summed E-state index contributed by atoms with van der Waals surface area (Å²) in [5, 5.41) is 0. The van der Waals surface area contributed by atoms with Crippen LogP contribution in [0, 0.1) is 11.3 Å². The van der Waals surface area contributed by atoms with Crippen LogP contribution in [0.25, 0.3) is 0 Å². The molecule has 1 aliphatic rings. The van der Waals surface area contributed by atoms with Crippen LogP contribution in [0.1, 0.15) is 27.2 Å². The first kappa shape index (κ1) is 9.04. The molecule has 0 unspecified atom stereocenters. The molecule has 1 saturated heterocycles. The van der Waals surface area contributed by atoms with Crippen molar-refractivity contribution in [1.29, 1.82) is 0 Å². The van der Waals surface area contributed by atoms with Crippen molar-refractivity contribution >= 4 is 9.84 Å². The summed E-state index contributed by atoms with van der Waals surface area (Å²) >= 11 is 0. The van der Waals surface area contributed by atoms with Gasteiger partial charge < -0.3 is 0 Å². The van der Waals surface area contributed by atoms with E-state index >= 15 is 0 Å². The first-order valence-electron chi connectivity index (χ1n) is 4.03. The van der Waals surface area contributed by atoms with Crippen molar-refractivity contribution in [1.82, 2.24) is 0 Å². The predicted octanol–water partition coefficient (Wildman–Crippen LogP) is 1.47. The molecule has 0 aromatic carbocycles. The van der Waals surface area contributed by atoms with Crippen molar-refractivity contribution in [2.24, 2.45) is 11.3 Å². The van der Waals surface area contributed by atoms with E-state index in [1.54, 1.807) is 0 Å². The summed E-state index contributed by atoms with van der Waals surface area (Å²) in [7, 11) is -2.63. The van der Waals surface area contributed by atoms with Crippen LogP contribution < -0.4 is 0 Å². The third-order valence-corrected chi connectivity index (χ3v) is 4.31. The molecule has 0 aromatic heterocycles. The van der Waals surface area contributed by atoms with E-state index in [4.69, 9.17) is 0 Å². The monoisotopic (exact) mass is 176 g/mol. The maximum Gasteiger partial charge on any atom is 0.151 e. The summed E-state index contributed by atoms with van der Waals surface area (Å²) in [4.78, 5) is 0. The first-order chi connectivity index (χ1) is 4.83. The maximum atomic E-state index is 10.9. The second kappa shape index (κ2) is 2.47. The van der Waals surface area contributed by atoms with Gasteiger partial charge in [-0.25, -0.2) is 8.42 Å². The Morgan fingerprint density at radius 3 is 2.09 bits per heavy atom. The van der Waals surface area contributed by atoms with Crippen molar-refractivity contribution in [3.63, 3.8) is 0 Å². The largest absolute Gasteiger partial charge is 0.229 e. The SMILES string of the molecule is CC(C)CC1(C)CS(=O)(=O)C1. The average molecular weight is 176 g/mol. The summed E-state index contributed by atoms with van der Waals surface area (Å²) in [5.74, 6) is 1.41. The number of hydrogen-bond acceptors (Lipinski definition) is 2. The first-order valence-corrected chi connectivity index (χ1v) is 5.86. The molecule has 3 heteroatoms. The van der Waals surface area contributed by atoms with E-state index < -0.39 is 9.84 Å². The number of hydrogen-bond donors (Lipinski definition) is 0. The van der Waals surface area contributed by atoms with Crippen LogP contribution in [0.4, 0.5) is 0 Å². The molecule has 1 aliphatic heterocycles. The molecule has 2 nitrogen and oxygen atoms in total.